The van der Waals surface area contributed by atoms with Gasteiger partial charge in [0.05, 0.1) is 42.7 Å². The summed E-state index contributed by atoms with van der Waals surface area (Å²) in [5, 5.41) is 35.9. The standard InChI is InChI=1S/C33H34N4O7/c1-6-34-36-30-17-8-13(3)20(14(4)40)29-28-23(17)26-21(16(12-39)10-19(42)25(26)32(30)43)22-15(11-38)9-18(41)24(27(22)28)31(33(29)44-5)37-35-7-2/h8-10,20,34-39,43H,6-7,11-12H2,1-5H3. The summed E-state index contributed by atoms with van der Waals surface area (Å²) >= 11 is 0. The monoisotopic (exact) mass is 598 g/mol. The molecular formula is C33H34N4O7. The number of hydrogen-bond donors (Lipinski definition) is 7. The number of aromatic hydroxyl groups is 1. The minimum Gasteiger partial charge on any atom is -0.505 e. The third kappa shape index (κ3) is 3.87. The van der Waals surface area contributed by atoms with E-state index in [9.17, 15) is 29.7 Å². The average Bonchev–Trinajstić information content (AvgIpc) is 3.13. The first-order chi connectivity index (χ1) is 21.2. The van der Waals surface area contributed by atoms with Crippen molar-refractivity contribution in [1.82, 2.24) is 10.9 Å². The highest BCUT2D eigenvalue weighted by molar-refractivity contribution is 6.39. The van der Waals surface area contributed by atoms with E-state index < -0.39 is 24.6 Å². The summed E-state index contributed by atoms with van der Waals surface area (Å²) < 4.78 is 6.03. The molecule has 0 bridgehead atoms. The number of benzene rings is 5. The van der Waals surface area contributed by atoms with Crippen LogP contribution in [0.2, 0.25) is 0 Å². The lowest BCUT2D eigenvalue weighted by atomic mass is 9.79. The molecule has 1 atom stereocenters. The van der Waals surface area contributed by atoms with Crippen molar-refractivity contribution in [1.29, 1.82) is 0 Å². The number of allylic oxidation sites excluding steroid dienone is 1. The van der Waals surface area contributed by atoms with Crippen LogP contribution in [-0.4, -0.2) is 41.3 Å². The number of carbonyl (C=O) groups is 1. The van der Waals surface area contributed by atoms with Crippen LogP contribution in [-0.2, 0) is 18.0 Å². The third-order valence-electron chi connectivity index (χ3n) is 8.60. The number of ketones is 1. The summed E-state index contributed by atoms with van der Waals surface area (Å²) in [4.78, 5) is 41.3. The zero-order valence-electron chi connectivity index (χ0n) is 25.1. The van der Waals surface area contributed by atoms with Crippen molar-refractivity contribution in [3.05, 3.63) is 60.4 Å². The normalized spacial score (nSPS) is 14.6. The SMILES string of the molecule is CCNNc1c(O)c2c(=O)cc(CO)c3c4c(CO)cc(=O)c5c(NNCC)c(OC)c6c(c(c1C=C(C)C6C(C)=O)c23)c54. The number of carbonyl (C=O) groups excluding carboxylic acids is 1. The molecule has 0 amide bonds. The summed E-state index contributed by atoms with van der Waals surface area (Å²) in [5.41, 5.74) is 14.1. The lowest BCUT2D eigenvalue weighted by molar-refractivity contribution is -0.117. The van der Waals surface area contributed by atoms with Gasteiger partial charge in [-0.2, -0.15) is 0 Å². The molecule has 0 aliphatic heterocycles. The van der Waals surface area contributed by atoms with E-state index in [1.807, 2.05) is 26.8 Å². The van der Waals surface area contributed by atoms with Crippen LogP contribution in [0.5, 0.6) is 11.5 Å². The van der Waals surface area contributed by atoms with E-state index in [0.717, 1.165) is 0 Å². The second-order valence-electron chi connectivity index (χ2n) is 11.1. The molecule has 0 aromatic heterocycles. The summed E-state index contributed by atoms with van der Waals surface area (Å²) in [7, 11) is 1.47. The molecule has 5 aromatic rings. The highest BCUT2D eigenvalue weighted by Gasteiger charge is 2.36. The van der Waals surface area contributed by atoms with Crippen molar-refractivity contribution in [3.63, 3.8) is 0 Å². The maximum absolute atomic E-state index is 14.0. The van der Waals surface area contributed by atoms with Gasteiger partial charge in [0.2, 0.25) is 0 Å². The molecule has 228 valence electrons. The van der Waals surface area contributed by atoms with Crippen LogP contribution < -0.4 is 37.3 Å². The number of hydrogen-bond acceptors (Lipinski definition) is 11. The van der Waals surface area contributed by atoms with E-state index >= 15 is 0 Å². The molecule has 44 heavy (non-hydrogen) atoms. The number of hydrazine groups is 2. The summed E-state index contributed by atoms with van der Waals surface area (Å²) in [6.07, 6.45) is 1.81. The van der Waals surface area contributed by atoms with Crippen molar-refractivity contribution in [2.45, 2.75) is 46.8 Å². The molecule has 7 N–H and O–H groups in total. The van der Waals surface area contributed by atoms with Gasteiger partial charge in [-0.1, -0.05) is 25.5 Å². The minimum atomic E-state index is -0.821. The van der Waals surface area contributed by atoms with Gasteiger partial charge in [-0.25, -0.2) is 10.9 Å². The number of rotatable bonds is 10. The molecule has 11 heteroatoms. The van der Waals surface area contributed by atoms with Gasteiger partial charge in [-0.05, 0) is 53.3 Å². The van der Waals surface area contributed by atoms with Crippen LogP contribution >= 0.6 is 0 Å². The highest BCUT2D eigenvalue weighted by atomic mass is 16.5. The number of aliphatic hydroxyl groups is 2. The molecule has 0 saturated carbocycles. The van der Waals surface area contributed by atoms with E-state index in [1.54, 1.807) is 0 Å². The van der Waals surface area contributed by atoms with Crippen LogP contribution in [0.4, 0.5) is 11.4 Å². The number of phenolic OH excluding ortho intramolecular Hbond substituents is 1. The predicted octanol–water partition coefficient (Wildman–Crippen LogP) is 3.56. The number of anilines is 2. The third-order valence-corrected chi connectivity index (χ3v) is 8.60. The maximum atomic E-state index is 14.0. The van der Waals surface area contributed by atoms with Crippen LogP contribution in [0.3, 0.4) is 0 Å². The Morgan fingerprint density at radius 1 is 0.818 bits per heavy atom. The zero-order valence-corrected chi connectivity index (χ0v) is 25.1. The smallest absolute Gasteiger partial charge is 0.190 e. The summed E-state index contributed by atoms with van der Waals surface area (Å²) in [5.74, 6) is -1.03. The van der Waals surface area contributed by atoms with E-state index in [4.69, 9.17) is 4.74 Å². The summed E-state index contributed by atoms with van der Waals surface area (Å²) in [6.45, 7) is 7.02. The van der Waals surface area contributed by atoms with E-state index in [1.165, 1.54) is 26.2 Å². The van der Waals surface area contributed by atoms with Crippen molar-refractivity contribution in [3.8, 4) is 11.5 Å². The fourth-order valence-electron chi connectivity index (χ4n) is 7.05. The van der Waals surface area contributed by atoms with Gasteiger partial charge in [-0.15, -0.1) is 0 Å². The Balaban J connectivity index is 2.13. The molecule has 1 aliphatic carbocycles. The van der Waals surface area contributed by atoms with Crippen molar-refractivity contribution >= 4 is 66.3 Å². The number of ether oxygens (including phenoxy) is 1. The van der Waals surface area contributed by atoms with Gasteiger partial charge in [-0.3, -0.25) is 14.4 Å². The van der Waals surface area contributed by atoms with Crippen LogP contribution in [0.15, 0.2) is 27.3 Å². The van der Waals surface area contributed by atoms with E-state index in [2.05, 4.69) is 21.7 Å². The Kier molecular flexibility index (Phi) is 7.29. The van der Waals surface area contributed by atoms with Crippen molar-refractivity contribution < 1.29 is 24.9 Å². The van der Waals surface area contributed by atoms with Gasteiger partial charge in [0.25, 0.3) is 0 Å². The van der Waals surface area contributed by atoms with Gasteiger partial charge < -0.3 is 30.9 Å². The van der Waals surface area contributed by atoms with Gasteiger partial charge in [0.15, 0.2) is 16.6 Å². The quantitative estimate of drug-likeness (QED) is 0.0543. The minimum absolute atomic E-state index is 0.0114. The number of phenols is 1. The molecule has 0 spiro atoms. The Labute approximate surface area is 251 Å². The molecule has 0 radical (unpaired) electrons. The Hall–Kier alpha value is -4.55. The average molecular weight is 599 g/mol. The molecule has 5 aromatic carbocycles. The van der Waals surface area contributed by atoms with Crippen LogP contribution in [0, 0.1) is 0 Å². The summed E-state index contributed by atoms with van der Waals surface area (Å²) in [6, 6.07) is 2.62. The fraction of sp³-hybridized carbons (Fsp3) is 0.303. The van der Waals surface area contributed by atoms with Crippen molar-refractivity contribution in [2.75, 3.05) is 31.1 Å². The lowest BCUT2D eigenvalue weighted by Crippen LogP contribution is -2.24. The molecule has 0 heterocycles. The highest BCUT2D eigenvalue weighted by Crippen LogP contribution is 2.56. The predicted molar refractivity (Wildman–Crippen MR) is 173 cm³/mol. The lowest BCUT2D eigenvalue weighted by Gasteiger charge is -2.27. The Morgan fingerprint density at radius 3 is 1.89 bits per heavy atom. The fourth-order valence-corrected chi connectivity index (χ4v) is 7.05. The number of methoxy groups -OCH3 is 1. The number of fused-ring (bicyclic) bond motifs is 1. The topological polar surface area (TPSA) is 169 Å². The first-order valence-electron chi connectivity index (χ1n) is 14.5. The van der Waals surface area contributed by atoms with E-state index in [-0.39, 0.29) is 50.3 Å². The molecular weight excluding hydrogens is 564 g/mol. The molecule has 0 fully saturated rings. The second-order valence-corrected chi connectivity index (χ2v) is 11.1. The first kappa shape index (κ1) is 29.5. The molecule has 0 saturated heterocycles. The van der Waals surface area contributed by atoms with Gasteiger partial charge in [0.1, 0.15) is 17.2 Å². The molecule has 1 unspecified atom stereocenters. The number of aliphatic hydroxyl groups excluding tert-OH is 2. The maximum Gasteiger partial charge on any atom is 0.190 e. The number of nitrogens with one attached hydrogen (secondary N) is 4. The first-order valence-corrected chi connectivity index (χ1v) is 14.5. The Morgan fingerprint density at radius 2 is 1.36 bits per heavy atom. The van der Waals surface area contributed by atoms with Gasteiger partial charge in [0, 0.05) is 40.4 Å². The molecule has 1 aliphatic rings. The number of Topliss-reactive ketones (excluding diaryl/α,β-unsaturated/α-hetero) is 1. The largest absolute Gasteiger partial charge is 0.505 e. The Bertz CT molecular complexity index is 2160. The zero-order chi connectivity index (χ0) is 31.6. The van der Waals surface area contributed by atoms with Gasteiger partial charge >= 0.3 is 0 Å². The van der Waals surface area contributed by atoms with Crippen molar-refractivity contribution in [2.24, 2.45) is 0 Å². The molecule has 6 rings (SSSR count). The molecule has 11 nitrogen and oxygen atoms in total. The van der Waals surface area contributed by atoms with Crippen LogP contribution in [0.25, 0.3) is 49.2 Å². The van der Waals surface area contributed by atoms with E-state index in [0.29, 0.717) is 67.8 Å². The second kappa shape index (κ2) is 10.9. The van der Waals surface area contributed by atoms with Crippen LogP contribution in [0.1, 0.15) is 55.9 Å².